The van der Waals surface area contributed by atoms with E-state index < -0.39 is 16.1 Å². The number of aliphatic hydroxyl groups is 1. The highest BCUT2D eigenvalue weighted by molar-refractivity contribution is 7.88. The Morgan fingerprint density at radius 2 is 2.05 bits per heavy atom. The van der Waals surface area contributed by atoms with Crippen LogP contribution in [0.15, 0.2) is 24.3 Å². The van der Waals surface area contributed by atoms with Gasteiger partial charge in [-0.2, -0.15) is 0 Å². The van der Waals surface area contributed by atoms with Crippen LogP contribution in [0.1, 0.15) is 18.9 Å². The van der Waals surface area contributed by atoms with Crippen LogP contribution in [0.3, 0.4) is 0 Å². The lowest BCUT2D eigenvalue weighted by Crippen LogP contribution is -2.31. The highest BCUT2D eigenvalue weighted by Gasteiger charge is 2.33. The molecule has 1 saturated heterocycles. The zero-order chi connectivity index (χ0) is 14.0. The molecule has 1 aromatic rings. The number of halogens is 1. The zero-order valence-electron chi connectivity index (χ0n) is 10.8. The number of benzene rings is 1. The maximum atomic E-state index is 12.8. The van der Waals surface area contributed by atoms with Crippen molar-refractivity contribution in [1.29, 1.82) is 0 Å². The molecule has 0 bridgehead atoms. The van der Waals surface area contributed by atoms with E-state index >= 15 is 0 Å². The fourth-order valence-corrected chi connectivity index (χ4v) is 3.88. The molecule has 4 nitrogen and oxygen atoms in total. The van der Waals surface area contributed by atoms with Gasteiger partial charge in [0.05, 0.1) is 11.9 Å². The van der Waals surface area contributed by atoms with E-state index in [0.29, 0.717) is 25.1 Å². The van der Waals surface area contributed by atoms with Crippen LogP contribution in [0.2, 0.25) is 0 Å². The molecule has 0 saturated carbocycles. The topological polar surface area (TPSA) is 57.6 Å². The molecule has 1 aromatic carbocycles. The number of aliphatic hydroxyl groups excluding tert-OH is 1. The fraction of sp³-hybridized carbons (Fsp3) is 0.538. The molecular formula is C13H18FNO3S. The fourth-order valence-electron chi connectivity index (χ4n) is 2.28. The van der Waals surface area contributed by atoms with Crippen LogP contribution in [-0.2, 0) is 15.8 Å². The van der Waals surface area contributed by atoms with Crippen molar-refractivity contribution in [3.05, 3.63) is 35.6 Å². The van der Waals surface area contributed by atoms with Gasteiger partial charge in [-0.1, -0.05) is 12.1 Å². The average Bonchev–Trinajstić information content (AvgIpc) is 2.82. The average molecular weight is 287 g/mol. The number of hydrogen-bond donors (Lipinski definition) is 1. The van der Waals surface area contributed by atoms with Crippen LogP contribution < -0.4 is 0 Å². The molecule has 1 aliphatic heterocycles. The summed E-state index contributed by atoms with van der Waals surface area (Å²) in [7, 11) is -3.39. The molecule has 0 aliphatic carbocycles. The molecule has 0 amide bonds. The number of hydrogen-bond acceptors (Lipinski definition) is 3. The van der Waals surface area contributed by atoms with Gasteiger partial charge in [0.1, 0.15) is 5.82 Å². The smallest absolute Gasteiger partial charge is 0.218 e. The van der Waals surface area contributed by atoms with E-state index in [2.05, 4.69) is 0 Å². The minimum absolute atomic E-state index is 0.00277. The molecule has 1 aliphatic rings. The van der Waals surface area contributed by atoms with Gasteiger partial charge >= 0.3 is 0 Å². The van der Waals surface area contributed by atoms with Gasteiger partial charge in [-0.15, -0.1) is 0 Å². The standard InChI is InChI=1S/C13H18FNO3S/c1-10(16)12-6-7-15(8-12)19(17,18)9-11-2-4-13(14)5-3-11/h2-5,10,12,16H,6-9H2,1H3. The Morgan fingerprint density at radius 1 is 1.42 bits per heavy atom. The predicted octanol–water partition coefficient (Wildman–Crippen LogP) is 1.36. The molecule has 6 heteroatoms. The van der Waals surface area contributed by atoms with Crippen molar-refractivity contribution in [2.24, 2.45) is 5.92 Å². The van der Waals surface area contributed by atoms with E-state index in [1.807, 2.05) is 0 Å². The Kier molecular flexibility index (Phi) is 4.23. The van der Waals surface area contributed by atoms with Crippen LogP contribution in [0.4, 0.5) is 4.39 Å². The monoisotopic (exact) mass is 287 g/mol. The van der Waals surface area contributed by atoms with Gasteiger partial charge in [0.15, 0.2) is 0 Å². The van der Waals surface area contributed by atoms with Gasteiger partial charge < -0.3 is 5.11 Å². The van der Waals surface area contributed by atoms with Crippen molar-refractivity contribution in [3.8, 4) is 0 Å². The van der Waals surface area contributed by atoms with Crippen molar-refractivity contribution >= 4 is 10.0 Å². The van der Waals surface area contributed by atoms with E-state index in [9.17, 15) is 17.9 Å². The molecule has 19 heavy (non-hydrogen) atoms. The second-order valence-corrected chi connectivity index (χ2v) is 7.00. The summed E-state index contributed by atoms with van der Waals surface area (Å²) in [6.07, 6.45) is 0.186. The van der Waals surface area contributed by atoms with E-state index in [0.717, 1.165) is 0 Å². The van der Waals surface area contributed by atoms with Crippen LogP contribution in [0.25, 0.3) is 0 Å². The Balaban J connectivity index is 2.05. The lowest BCUT2D eigenvalue weighted by atomic mass is 10.0. The molecule has 1 N–H and O–H groups in total. The van der Waals surface area contributed by atoms with Gasteiger partial charge in [-0.25, -0.2) is 17.1 Å². The van der Waals surface area contributed by atoms with Gasteiger partial charge in [0.25, 0.3) is 0 Å². The Morgan fingerprint density at radius 3 is 2.58 bits per heavy atom. The summed E-state index contributed by atoms with van der Waals surface area (Å²) in [5.41, 5.74) is 0.571. The molecule has 106 valence electrons. The van der Waals surface area contributed by atoms with Gasteiger partial charge in [0.2, 0.25) is 10.0 Å². The highest BCUT2D eigenvalue weighted by Crippen LogP contribution is 2.24. The second kappa shape index (κ2) is 5.56. The van der Waals surface area contributed by atoms with Crippen molar-refractivity contribution in [3.63, 3.8) is 0 Å². The molecular weight excluding hydrogens is 269 g/mol. The van der Waals surface area contributed by atoms with E-state index in [4.69, 9.17) is 0 Å². The summed E-state index contributed by atoms with van der Waals surface area (Å²) in [4.78, 5) is 0. The molecule has 2 atom stereocenters. The van der Waals surface area contributed by atoms with Crippen LogP contribution in [0.5, 0.6) is 0 Å². The largest absolute Gasteiger partial charge is 0.393 e. The van der Waals surface area contributed by atoms with E-state index in [1.54, 1.807) is 6.92 Å². The van der Waals surface area contributed by atoms with Crippen molar-refractivity contribution in [1.82, 2.24) is 4.31 Å². The summed E-state index contributed by atoms with van der Waals surface area (Å²) in [5, 5.41) is 9.49. The molecule has 0 aromatic heterocycles. The number of rotatable bonds is 4. The molecule has 1 heterocycles. The summed E-state index contributed by atoms with van der Waals surface area (Å²) in [5.74, 6) is -0.501. The first-order valence-electron chi connectivity index (χ1n) is 6.29. The van der Waals surface area contributed by atoms with E-state index in [-0.39, 0.29) is 17.5 Å². The van der Waals surface area contributed by atoms with Crippen LogP contribution in [-0.4, -0.2) is 37.0 Å². The Hall–Kier alpha value is -0.980. The van der Waals surface area contributed by atoms with Crippen LogP contribution in [0, 0.1) is 11.7 Å². The maximum absolute atomic E-state index is 12.8. The van der Waals surface area contributed by atoms with Crippen molar-refractivity contribution < 1.29 is 17.9 Å². The highest BCUT2D eigenvalue weighted by atomic mass is 32.2. The second-order valence-electron chi connectivity index (χ2n) is 5.03. The van der Waals surface area contributed by atoms with Gasteiger partial charge in [-0.3, -0.25) is 0 Å². The Bertz CT molecular complexity index is 527. The molecule has 2 rings (SSSR count). The summed E-state index contributed by atoms with van der Waals surface area (Å²) >= 11 is 0. The minimum atomic E-state index is -3.39. The minimum Gasteiger partial charge on any atom is -0.393 e. The third-order valence-electron chi connectivity index (χ3n) is 3.53. The first-order chi connectivity index (χ1) is 8.88. The third-order valence-corrected chi connectivity index (χ3v) is 5.34. The van der Waals surface area contributed by atoms with E-state index in [1.165, 1.54) is 28.6 Å². The molecule has 0 spiro atoms. The SMILES string of the molecule is CC(O)C1CCN(S(=O)(=O)Cc2ccc(F)cc2)C1. The Labute approximate surface area is 112 Å². The predicted molar refractivity (Wildman–Crippen MR) is 70.4 cm³/mol. The zero-order valence-corrected chi connectivity index (χ0v) is 11.6. The summed E-state index contributed by atoms with van der Waals surface area (Å²) in [6, 6.07) is 5.48. The van der Waals surface area contributed by atoms with Gasteiger partial charge in [-0.05, 0) is 37.0 Å². The third kappa shape index (κ3) is 3.52. The van der Waals surface area contributed by atoms with Crippen LogP contribution >= 0.6 is 0 Å². The lowest BCUT2D eigenvalue weighted by Gasteiger charge is -2.17. The number of sulfonamides is 1. The first kappa shape index (κ1) is 14.4. The summed E-state index contributed by atoms with van der Waals surface area (Å²) < 4.78 is 38.6. The maximum Gasteiger partial charge on any atom is 0.218 e. The lowest BCUT2D eigenvalue weighted by molar-refractivity contribution is 0.133. The summed E-state index contributed by atoms with van der Waals surface area (Å²) in [6.45, 7) is 2.49. The van der Waals surface area contributed by atoms with Gasteiger partial charge in [0, 0.05) is 13.1 Å². The molecule has 0 radical (unpaired) electrons. The molecule has 1 fully saturated rings. The quantitative estimate of drug-likeness (QED) is 0.909. The number of nitrogens with zero attached hydrogens (tertiary/aromatic N) is 1. The van der Waals surface area contributed by atoms with Crippen molar-refractivity contribution in [2.75, 3.05) is 13.1 Å². The van der Waals surface area contributed by atoms with Crippen molar-refractivity contribution in [2.45, 2.75) is 25.2 Å². The first-order valence-corrected chi connectivity index (χ1v) is 7.90. The molecule has 2 unspecified atom stereocenters. The normalized spacial score (nSPS) is 22.6.